The van der Waals surface area contributed by atoms with Gasteiger partial charge in [-0.2, -0.15) is 0 Å². The zero-order valence-electron chi connectivity index (χ0n) is 17.0. The summed E-state index contributed by atoms with van der Waals surface area (Å²) in [5, 5.41) is 2.09. The Balaban J connectivity index is 1.76. The molecule has 0 N–H and O–H groups in total. The highest BCUT2D eigenvalue weighted by Crippen LogP contribution is 2.28. The van der Waals surface area contributed by atoms with Crippen LogP contribution in [0.15, 0.2) is 67.7 Å². The van der Waals surface area contributed by atoms with Gasteiger partial charge in [0.25, 0.3) is 5.56 Å². The second-order valence-corrected chi connectivity index (χ2v) is 8.41. The first-order valence-corrected chi connectivity index (χ1v) is 10.7. The summed E-state index contributed by atoms with van der Waals surface area (Å²) in [7, 11) is 1.57. The zero-order valence-corrected chi connectivity index (χ0v) is 17.9. The minimum Gasteiger partial charge on any atom is -0.497 e. The fraction of sp³-hybridized carbons (Fsp3) is 0.261. The van der Waals surface area contributed by atoms with Crippen molar-refractivity contribution in [1.29, 1.82) is 0 Å². The van der Waals surface area contributed by atoms with Gasteiger partial charge in [0, 0.05) is 29.8 Å². The van der Waals surface area contributed by atoms with E-state index in [9.17, 15) is 9.59 Å². The monoisotopic (exact) mass is 422 g/mol. The summed E-state index contributed by atoms with van der Waals surface area (Å²) in [5.74, 6) is 1.40. The number of rotatable bonds is 6. The maximum absolute atomic E-state index is 13.1. The molecule has 154 valence electrons. The van der Waals surface area contributed by atoms with Gasteiger partial charge in [-0.05, 0) is 35.7 Å². The molecule has 7 heteroatoms. The van der Waals surface area contributed by atoms with Crippen LogP contribution < -0.4 is 15.9 Å². The molecule has 0 radical (unpaired) electrons. The third-order valence-electron chi connectivity index (χ3n) is 4.77. The maximum Gasteiger partial charge on any atom is 0.336 e. The normalized spacial score (nSPS) is 11.5. The first kappa shape index (κ1) is 20.2. The van der Waals surface area contributed by atoms with Crippen molar-refractivity contribution < 1.29 is 9.15 Å². The molecule has 0 aliphatic rings. The smallest absolute Gasteiger partial charge is 0.336 e. The van der Waals surface area contributed by atoms with Gasteiger partial charge in [-0.15, -0.1) is 0 Å². The number of ether oxygens (including phenoxy) is 1. The summed E-state index contributed by atoms with van der Waals surface area (Å²) >= 11 is 1.44. The van der Waals surface area contributed by atoms with Crippen LogP contribution >= 0.6 is 11.8 Å². The molecule has 2 heterocycles. The molecule has 0 unspecified atom stereocenters. The summed E-state index contributed by atoms with van der Waals surface area (Å²) < 4.78 is 12.3. The lowest BCUT2D eigenvalue weighted by molar-refractivity contribution is 0.414. The fourth-order valence-electron chi connectivity index (χ4n) is 3.38. The molecule has 0 aliphatic carbocycles. The molecule has 0 aliphatic heterocycles. The molecular formula is C23H22N2O4S. The third-order valence-corrected chi connectivity index (χ3v) is 5.79. The van der Waals surface area contributed by atoms with E-state index >= 15 is 0 Å². The van der Waals surface area contributed by atoms with E-state index in [2.05, 4.69) is 13.8 Å². The van der Waals surface area contributed by atoms with Crippen molar-refractivity contribution >= 4 is 33.6 Å². The van der Waals surface area contributed by atoms with Crippen LogP contribution in [0.5, 0.6) is 5.75 Å². The molecule has 0 atom stereocenters. The molecule has 2 aromatic carbocycles. The molecular weight excluding hydrogens is 400 g/mol. The molecule has 0 amide bonds. The Morgan fingerprint density at radius 1 is 1.10 bits per heavy atom. The topological polar surface area (TPSA) is 74.3 Å². The number of thioether (sulfide) groups is 1. The molecule has 30 heavy (non-hydrogen) atoms. The van der Waals surface area contributed by atoms with E-state index < -0.39 is 5.63 Å². The number of para-hydroxylation sites is 1. The van der Waals surface area contributed by atoms with Crippen molar-refractivity contribution in [1.82, 2.24) is 9.55 Å². The lowest BCUT2D eigenvalue weighted by atomic mass is 10.1. The van der Waals surface area contributed by atoms with Crippen LogP contribution in [0.25, 0.3) is 21.9 Å². The quantitative estimate of drug-likeness (QED) is 0.259. The molecule has 0 fully saturated rings. The van der Waals surface area contributed by atoms with Crippen LogP contribution in [0.4, 0.5) is 0 Å². The summed E-state index contributed by atoms with van der Waals surface area (Å²) in [6.07, 6.45) is 0. The second-order valence-electron chi connectivity index (χ2n) is 7.46. The number of aromatic nitrogens is 2. The van der Waals surface area contributed by atoms with Gasteiger partial charge in [0.05, 0.1) is 18.0 Å². The predicted octanol–water partition coefficient (Wildman–Crippen LogP) is 4.46. The van der Waals surface area contributed by atoms with Crippen LogP contribution in [0, 0.1) is 5.92 Å². The van der Waals surface area contributed by atoms with E-state index in [4.69, 9.17) is 14.1 Å². The Hall–Kier alpha value is -3.06. The van der Waals surface area contributed by atoms with E-state index in [-0.39, 0.29) is 5.56 Å². The molecule has 0 saturated heterocycles. The number of methoxy groups -OCH3 is 1. The minimum absolute atomic E-state index is 0.0426. The highest BCUT2D eigenvalue weighted by atomic mass is 32.2. The van der Waals surface area contributed by atoms with Crippen molar-refractivity contribution in [2.24, 2.45) is 5.92 Å². The second kappa shape index (κ2) is 8.36. The highest BCUT2D eigenvalue weighted by Gasteiger charge is 2.14. The minimum atomic E-state index is -0.419. The predicted molar refractivity (Wildman–Crippen MR) is 119 cm³/mol. The summed E-state index contributed by atoms with van der Waals surface area (Å²) in [5.41, 5.74) is 1.51. The van der Waals surface area contributed by atoms with Gasteiger partial charge in [0.2, 0.25) is 0 Å². The molecule has 0 spiro atoms. The van der Waals surface area contributed by atoms with Crippen molar-refractivity contribution in [2.75, 3.05) is 7.11 Å². The number of benzene rings is 2. The standard InChI is InChI=1S/C23H22N2O4S/c1-14(2)12-25-22(27)18-6-4-5-7-19(18)24-23(25)30-13-15-10-21(26)29-20-11-16(28-3)8-9-17(15)20/h4-11,14H,12-13H2,1-3H3. The van der Waals surface area contributed by atoms with E-state index in [1.807, 2.05) is 30.3 Å². The Labute approximate surface area is 177 Å². The summed E-state index contributed by atoms with van der Waals surface area (Å²) in [6.45, 7) is 4.71. The number of hydrogen-bond acceptors (Lipinski definition) is 6. The number of fused-ring (bicyclic) bond motifs is 2. The molecule has 2 aromatic heterocycles. The fourth-order valence-corrected chi connectivity index (χ4v) is 4.38. The van der Waals surface area contributed by atoms with E-state index in [0.29, 0.717) is 45.6 Å². The lowest BCUT2D eigenvalue weighted by Crippen LogP contribution is -2.25. The van der Waals surface area contributed by atoms with Crippen molar-refractivity contribution in [2.45, 2.75) is 31.3 Å². The number of nitrogens with zero attached hydrogens (tertiary/aromatic N) is 2. The highest BCUT2D eigenvalue weighted by molar-refractivity contribution is 7.98. The van der Waals surface area contributed by atoms with E-state index in [1.165, 1.54) is 17.8 Å². The first-order valence-electron chi connectivity index (χ1n) is 9.69. The van der Waals surface area contributed by atoms with Crippen LogP contribution in [0.2, 0.25) is 0 Å². The van der Waals surface area contributed by atoms with Crippen molar-refractivity contribution in [3.63, 3.8) is 0 Å². The molecule has 0 saturated carbocycles. The van der Waals surface area contributed by atoms with Gasteiger partial charge in [0.1, 0.15) is 11.3 Å². The Morgan fingerprint density at radius 2 is 1.90 bits per heavy atom. The van der Waals surface area contributed by atoms with Crippen molar-refractivity contribution in [3.05, 3.63) is 74.9 Å². The first-order chi connectivity index (χ1) is 14.5. The largest absolute Gasteiger partial charge is 0.497 e. The zero-order chi connectivity index (χ0) is 21.3. The lowest BCUT2D eigenvalue weighted by Gasteiger charge is -2.15. The summed E-state index contributed by atoms with van der Waals surface area (Å²) in [6, 6.07) is 14.3. The van der Waals surface area contributed by atoms with Gasteiger partial charge in [-0.3, -0.25) is 9.36 Å². The van der Waals surface area contributed by atoms with Gasteiger partial charge in [-0.25, -0.2) is 9.78 Å². The average molecular weight is 423 g/mol. The van der Waals surface area contributed by atoms with Gasteiger partial charge >= 0.3 is 5.63 Å². The van der Waals surface area contributed by atoms with Crippen LogP contribution in [0.3, 0.4) is 0 Å². The molecule has 6 nitrogen and oxygen atoms in total. The maximum atomic E-state index is 13.1. The Morgan fingerprint density at radius 3 is 2.67 bits per heavy atom. The van der Waals surface area contributed by atoms with Crippen LogP contribution in [-0.4, -0.2) is 16.7 Å². The number of hydrogen-bond donors (Lipinski definition) is 0. The summed E-state index contributed by atoms with van der Waals surface area (Å²) in [4.78, 5) is 29.9. The van der Waals surface area contributed by atoms with E-state index in [1.54, 1.807) is 23.8 Å². The van der Waals surface area contributed by atoms with Gasteiger partial charge < -0.3 is 9.15 Å². The van der Waals surface area contributed by atoms with Crippen LogP contribution in [-0.2, 0) is 12.3 Å². The third kappa shape index (κ3) is 3.98. The molecule has 0 bridgehead atoms. The van der Waals surface area contributed by atoms with E-state index in [0.717, 1.165) is 10.9 Å². The Kier molecular flexibility index (Phi) is 5.63. The van der Waals surface area contributed by atoms with Gasteiger partial charge in [-0.1, -0.05) is 37.7 Å². The van der Waals surface area contributed by atoms with Gasteiger partial charge in [0.15, 0.2) is 5.16 Å². The molecule has 4 aromatic rings. The van der Waals surface area contributed by atoms with Crippen molar-refractivity contribution in [3.8, 4) is 5.75 Å². The molecule has 4 rings (SSSR count). The SMILES string of the molecule is COc1ccc2c(CSc3nc4ccccc4c(=O)n3CC(C)C)cc(=O)oc2c1. The average Bonchev–Trinajstić information content (AvgIpc) is 2.73. The Bertz CT molecular complexity index is 1340. The van der Waals surface area contributed by atoms with Crippen LogP contribution in [0.1, 0.15) is 19.4 Å².